The van der Waals surface area contributed by atoms with E-state index in [2.05, 4.69) is 20.4 Å². The van der Waals surface area contributed by atoms with Gasteiger partial charge in [-0.25, -0.2) is 8.42 Å². The molecule has 0 fully saturated rings. The molecule has 1 aromatic carbocycles. The van der Waals surface area contributed by atoms with Crippen LogP contribution >= 0.6 is 0 Å². The Kier molecular flexibility index (Phi) is 4.71. The normalized spacial score (nSPS) is 13.3. The molecule has 0 saturated carbocycles. The van der Waals surface area contributed by atoms with Crippen molar-refractivity contribution in [1.82, 2.24) is 14.8 Å². The zero-order valence-corrected chi connectivity index (χ0v) is 17.2. The van der Waals surface area contributed by atoms with Crippen LogP contribution in [0.15, 0.2) is 46.4 Å². The second kappa shape index (κ2) is 7.09. The first-order valence-electron chi connectivity index (χ1n) is 9.03. The van der Waals surface area contributed by atoms with Crippen LogP contribution in [0.2, 0.25) is 0 Å². The van der Waals surface area contributed by atoms with Crippen LogP contribution in [-0.4, -0.2) is 40.3 Å². The van der Waals surface area contributed by atoms with Crippen molar-refractivity contribution < 1.29 is 13.5 Å². The van der Waals surface area contributed by atoms with Gasteiger partial charge in [-0.2, -0.15) is 5.10 Å². The van der Waals surface area contributed by atoms with Crippen LogP contribution in [0.5, 0.6) is 0 Å². The highest BCUT2D eigenvalue weighted by Crippen LogP contribution is 2.38. The predicted molar refractivity (Wildman–Crippen MR) is 112 cm³/mol. The fourth-order valence-electron chi connectivity index (χ4n) is 3.35. The van der Waals surface area contributed by atoms with Gasteiger partial charge in [-0.15, -0.1) is 0 Å². The van der Waals surface area contributed by atoms with Gasteiger partial charge in [0, 0.05) is 37.2 Å². The summed E-state index contributed by atoms with van der Waals surface area (Å²) in [4.78, 5) is 9.11. The van der Waals surface area contributed by atoms with Gasteiger partial charge in [-0.3, -0.25) is 14.7 Å². The number of sulfone groups is 1. The van der Waals surface area contributed by atoms with E-state index < -0.39 is 9.84 Å². The van der Waals surface area contributed by atoms with Crippen molar-refractivity contribution in [1.29, 1.82) is 0 Å². The summed E-state index contributed by atoms with van der Waals surface area (Å²) < 4.78 is 26.7. The molecule has 0 unspecified atom stereocenters. The standard InChI is InChI=1S/C20H21N5O3S/c1-12-8-17-20(21-12)18(10-14(11-26)22-17)23-16-5-4-13(9-19(16)29(3,27)28)15-6-7-25(2)24-15/h4-7,9-10,26H,8,11H2,1-3H3,(H,22,23). The van der Waals surface area contributed by atoms with Gasteiger partial charge in [-0.1, -0.05) is 6.07 Å². The summed E-state index contributed by atoms with van der Waals surface area (Å²) in [5.74, 6) is 0. The summed E-state index contributed by atoms with van der Waals surface area (Å²) in [7, 11) is -1.71. The molecule has 1 aliphatic rings. The number of fused-ring (bicyclic) bond motifs is 1. The molecule has 150 valence electrons. The monoisotopic (exact) mass is 411 g/mol. The van der Waals surface area contributed by atoms with Crippen LogP contribution in [0.3, 0.4) is 0 Å². The van der Waals surface area contributed by atoms with E-state index in [4.69, 9.17) is 0 Å². The average molecular weight is 411 g/mol. The lowest BCUT2D eigenvalue weighted by Gasteiger charge is -2.15. The van der Waals surface area contributed by atoms with Crippen LogP contribution in [0.4, 0.5) is 17.1 Å². The molecule has 0 atom stereocenters. The van der Waals surface area contributed by atoms with Gasteiger partial charge < -0.3 is 10.4 Å². The van der Waals surface area contributed by atoms with E-state index in [9.17, 15) is 13.5 Å². The van der Waals surface area contributed by atoms with Gasteiger partial charge in [0.2, 0.25) is 0 Å². The van der Waals surface area contributed by atoms with Crippen LogP contribution in [0.1, 0.15) is 18.3 Å². The molecule has 0 spiro atoms. The molecule has 3 heterocycles. The second-order valence-electron chi connectivity index (χ2n) is 7.12. The molecule has 29 heavy (non-hydrogen) atoms. The SMILES string of the molecule is CC1=Nc2c(Nc3ccc(-c4ccn(C)n4)cc3S(C)(=O)=O)cc(CO)nc2C1. The number of aromatic nitrogens is 3. The highest BCUT2D eigenvalue weighted by molar-refractivity contribution is 7.90. The Labute approximate surface area is 168 Å². The summed E-state index contributed by atoms with van der Waals surface area (Å²) in [5, 5.41) is 17.1. The molecule has 0 bridgehead atoms. The minimum Gasteiger partial charge on any atom is -0.390 e. The van der Waals surface area contributed by atoms with Crippen LogP contribution < -0.4 is 5.32 Å². The summed E-state index contributed by atoms with van der Waals surface area (Å²) in [6.45, 7) is 1.70. The number of nitrogens with zero attached hydrogens (tertiary/aromatic N) is 4. The van der Waals surface area contributed by atoms with E-state index in [0.29, 0.717) is 40.4 Å². The highest BCUT2D eigenvalue weighted by atomic mass is 32.2. The summed E-state index contributed by atoms with van der Waals surface area (Å²) in [6, 6.07) is 8.68. The number of rotatable bonds is 5. The molecule has 0 aliphatic carbocycles. The summed E-state index contributed by atoms with van der Waals surface area (Å²) >= 11 is 0. The quantitative estimate of drug-likeness (QED) is 0.668. The maximum atomic E-state index is 12.5. The molecule has 2 N–H and O–H groups in total. The molecule has 4 rings (SSSR count). The number of aryl methyl sites for hydroxylation is 1. The molecule has 8 nitrogen and oxygen atoms in total. The first-order chi connectivity index (χ1) is 13.7. The smallest absolute Gasteiger partial charge is 0.177 e. The Hall–Kier alpha value is -3.04. The minimum absolute atomic E-state index is 0.162. The fourth-order valence-corrected chi connectivity index (χ4v) is 4.21. The third kappa shape index (κ3) is 3.79. The number of anilines is 2. The molecular weight excluding hydrogens is 390 g/mol. The number of pyridine rings is 1. The summed E-state index contributed by atoms with van der Waals surface area (Å²) in [5.41, 5.74) is 5.31. The van der Waals surface area contributed by atoms with Crippen LogP contribution in [0, 0.1) is 0 Å². The topological polar surface area (TPSA) is 109 Å². The molecular formula is C20H21N5O3S. The zero-order valence-electron chi connectivity index (χ0n) is 16.3. The van der Waals surface area contributed by atoms with Crippen molar-refractivity contribution in [2.24, 2.45) is 12.0 Å². The van der Waals surface area contributed by atoms with Crippen molar-refractivity contribution >= 4 is 32.6 Å². The first kappa shape index (κ1) is 19.3. The fraction of sp³-hybridized carbons (Fsp3) is 0.250. The van der Waals surface area contributed by atoms with Crippen LogP contribution in [0.25, 0.3) is 11.3 Å². The van der Waals surface area contributed by atoms with Crippen molar-refractivity contribution in [2.45, 2.75) is 24.8 Å². The van der Waals surface area contributed by atoms with Crippen molar-refractivity contribution in [3.05, 3.63) is 47.9 Å². The molecule has 0 amide bonds. The highest BCUT2D eigenvalue weighted by Gasteiger charge is 2.21. The summed E-state index contributed by atoms with van der Waals surface area (Å²) in [6.07, 6.45) is 3.59. The third-order valence-corrected chi connectivity index (χ3v) is 5.80. The number of aliphatic imine (C=N–C) groups is 1. The lowest BCUT2D eigenvalue weighted by atomic mass is 10.1. The van der Waals surface area contributed by atoms with Gasteiger partial charge >= 0.3 is 0 Å². The van der Waals surface area contributed by atoms with Gasteiger partial charge in [0.25, 0.3) is 0 Å². The molecule has 0 radical (unpaired) electrons. The lowest BCUT2D eigenvalue weighted by molar-refractivity contribution is 0.276. The van der Waals surface area contributed by atoms with Crippen molar-refractivity contribution in [2.75, 3.05) is 11.6 Å². The average Bonchev–Trinajstić information content (AvgIpc) is 3.26. The van der Waals surface area contributed by atoms with E-state index in [1.165, 1.54) is 6.26 Å². The Balaban J connectivity index is 1.81. The maximum absolute atomic E-state index is 12.5. The number of hydrogen-bond acceptors (Lipinski definition) is 7. The molecule has 3 aromatic rings. The second-order valence-corrected chi connectivity index (χ2v) is 9.11. The van der Waals surface area contributed by atoms with Crippen molar-refractivity contribution in [3.63, 3.8) is 0 Å². The van der Waals surface area contributed by atoms with E-state index in [1.807, 2.05) is 26.1 Å². The minimum atomic E-state index is -3.52. The number of aliphatic hydroxyl groups excluding tert-OH is 1. The predicted octanol–water partition coefficient (Wildman–Crippen LogP) is 2.77. The van der Waals surface area contributed by atoms with Gasteiger partial charge in [0.15, 0.2) is 9.84 Å². The lowest BCUT2D eigenvalue weighted by Crippen LogP contribution is -2.05. The Morgan fingerprint density at radius 2 is 2.00 bits per heavy atom. The molecule has 1 aliphatic heterocycles. The van der Waals surface area contributed by atoms with Gasteiger partial charge in [-0.05, 0) is 31.2 Å². The molecule has 9 heteroatoms. The number of aliphatic hydroxyl groups is 1. The Bertz CT molecular complexity index is 1240. The van der Waals surface area contributed by atoms with E-state index in [-0.39, 0.29) is 11.5 Å². The zero-order chi connectivity index (χ0) is 20.8. The number of benzene rings is 1. The van der Waals surface area contributed by atoms with Crippen molar-refractivity contribution in [3.8, 4) is 11.3 Å². The number of hydrogen-bond donors (Lipinski definition) is 2. The number of nitrogens with one attached hydrogen (secondary N) is 1. The van der Waals surface area contributed by atoms with Crippen LogP contribution in [-0.2, 0) is 29.9 Å². The molecule has 0 saturated heterocycles. The van der Waals surface area contributed by atoms with E-state index in [1.54, 1.807) is 29.1 Å². The van der Waals surface area contributed by atoms with Gasteiger partial charge in [0.05, 0.1) is 40.0 Å². The third-order valence-electron chi connectivity index (χ3n) is 4.67. The van der Waals surface area contributed by atoms with Gasteiger partial charge in [0.1, 0.15) is 5.69 Å². The molecule has 2 aromatic heterocycles. The first-order valence-corrected chi connectivity index (χ1v) is 10.9. The largest absolute Gasteiger partial charge is 0.390 e. The Morgan fingerprint density at radius 1 is 1.21 bits per heavy atom. The van der Waals surface area contributed by atoms with E-state index >= 15 is 0 Å². The van der Waals surface area contributed by atoms with E-state index in [0.717, 1.165) is 11.4 Å². The maximum Gasteiger partial charge on any atom is 0.177 e. The Morgan fingerprint density at radius 3 is 2.66 bits per heavy atom.